The fourth-order valence-corrected chi connectivity index (χ4v) is 1.23. The van der Waals surface area contributed by atoms with Crippen LogP contribution in [0, 0.1) is 0 Å². The Morgan fingerprint density at radius 3 is 2.82 bits per heavy atom. The lowest BCUT2D eigenvalue weighted by Crippen LogP contribution is -2.02. The molecule has 3 heteroatoms. The molecule has 0 saturated heterocycles. The van der Waals surface area contributed by atoms with Crippen LogP contribution in [0.2, 0.25) is 0 Å². The Bertz CT molecular complexity index is 346. The molecule has 0 aromatic heterocycles. The first-order chi connectivity index (χ1) is 8.33. The summed E-state index contributed by atoms with van der Waals surface area (Å²) in [6.45, 7) is 7.21. The zero-order chi connectivity index (χ0) is 12.3. The van der Waals surface area contributed by atoms with E-state index in [1.807, 2.05) is 37.3 Å². The summed E-state index contributed by atoms with van der Waals surface area (Å²) < 4.78 is 5.54. The topological polar surface area (TPSA) is 30.8 Å². The van der Waals surface area contributed by atoms with Crippen LogP contribution >= 0.6 is 0 Å². The van der Waals surface area contributed by atoms with Crippen molar-refractivity contribution in [2.75, 3.05) is 13.2 Å². The molecule has 1 aromatic rings. The van der Waals surface area contributed by atoms with E-state index in [1.165, 1.54) is 5.56 Å². The maximum atomic E-state index is 5.54. The lowest BCUT2D eigenvalue weighted by molar-refractivity contribution is 0.125. The molecule has 0 N–H and O–H groups in total. The number of oxime groups is 1. The molecule has 0 atom stereocenters. The number of nitrogens with zero attached hydrogens (tertiary/aromatic N) is 1. The molecule has 0 spiro atoms. The van der Waals surface area contributed by atoms with Gasteiger partial charge in [-0.15, -0.1) is 0 Å². The van der Waals surface area contributed by atoms with E-state index in [1.54, 1.807) is 6.08 Å². The molecule has 17 heavy (non-hydrogen) atoms. The van der Waals surface area contributed by atoms with Gasteiger partial charge in [0.1, 0.15) is 6.61 Å². The van der Waals surface area contributed by atoms with Crippen LogP contribution in [0.25, 0.3) is 0 Å². The van der Waals surface area contributed by atoms with Crippen LogP contribution in [-0.4, -0.2) is 18.9 Å². The van der Waals surface area contributed by atoms with Crippen molar-refractivity contribution in [3.63, 3.8) is 0 Å². The fraction of sp³-hybridized carbons (Fsp3) is 0.357. The van der Waals surface area contributed by atoms with Crippen molar-refractivity contribution in [1.29, 1.82) is 0 Å². The summed E-state index contributed by atoms with van der Waals surface area (Å²) in [6.07, 6.45) is 2.45. The molecule has 3 nitrogen and oxygen atoms in total. The number of hydrogen-bond donors (Lipinski definition) is 0. The monoisotopic (exact) mass is 233 g/mol. The van der Waals surface area contributed by atoms with Crippen LogP contribution in [0.1, 0.15) is 18.9 Å². The first-order valence-electron chi connectivity index (χ1n) is 5.71. The van der Waals surface area contributed by atoms with Crippen LogP contribution in [0.15, 0.2) is 48.1 Å². The minimum Gasteiger partial charge on any atom is -0.392 e. The molecule has 0 aliphatic heterocycles. The molecule has 0 aliphatic carbocycles. The smallest absolute Gasteiger partial charge is 0.135 e. The molecule has 1 rings (SSSR count). The number of benzene rings is 1. The van der Waals surface area contributed by atoms with Gasteiger partial charge in [-0.25, -0.2) is 0 Å². The number of rotatable bonds is 8. The third-order valence-electron chi connectivity index (χ3n) is 2.13. The van der Waals surface area contributed by atoms with Gasteiger partial charge >= 0.3 is 0 Å². The summed E-state index contributed by atoms with van der Waals surface area (Å²) in [5.74, 6) is 0. The summed E-state index contributed by atoms with van der Waals surface area (Å²) in [5, 5.41) is 3.92. The maximum absolute atomic E-state index is 5.54. The Morgan fingerprint density at radius 1 is 1.35 bits per heavy atom. The van der Waals surface area contributed by atoms with E-state index in [9.17, 15) is 0 Å². The van der Waals surface area contributed by atoms with E-state index in [2.05, 4.69) is 11.7 Å². The SMILES string of the molecule is C=CCON=C(C)CCOCc1ccccc1. The molecule has 1 aromatic carbocycles. The lowest BCUT2D eigenvalue weighted by atomic mass is 10.2. The Balaban J connectivity index is 2.11. The van der Waals surface area contributed by atoms with Gasteiger partial charge in [-0.05, 0) is 12.5 Å². The summed E-state index contributed by atoms with van der Waals surface area (Å²) in [7, 11) is 0. The van der Waals surface area contributed by atoms with Crippen molar-refractivity contribution < 1.29 is 9.57 Å². The molecular formula is C14H19NO2. The molecule has 92 valence electrons. The van der Waals surface area contributed by atoms with Gasteiger partial charge in [0.05, 0.1) is 18.9 Å². The Kier molecular flexibility index (Phi) is 6.75. The molecule has 0 aliphatic rings. The van der Waals surface area contributed by atoms with Crippen LogP contribution in [0.5, 0.6) is 0 Å². The molecule has 0 saturated carbocycles. The average molecular weight is 233 g/mol. The van der Waals surface area contributed by atoms with Crippen LogP contribution in [0.4, 0.5) is 0 Å². The highest BCUT2D eigenvalue weighted by Crippen LogP contribution is 2.01. The van der Waals surface area contributed by atoms with Gasteiger partial charge in [0.25, 0.3) is 0 Å². The molecule has 0 fully saturated rings. The zero-order valence-corrected chi connectivity index (χ0v) is 10.3. The standard InChI is InChI=1S/C14H19NO2/c1-3-10-17-15-13(2)9-11-16-12-14-7-5-4-6-8-14/h3-8H,1,9-12H2,2H3. The van der Waals surface area contributed by atoms with Crippen molar-refractivity contribution in [1.82, 2.24) is 0 Å². The summed E-state index contributed by atoms with van der Waals surface area (Å²) in [4.78, 5) is 4.97. The molecule has 0 bridgehead atoms. The molecular weight excluding hydrogens is 214 g/mol. The minimum atomic E-state index is 0.447. The van der Waals surface area contributed by atoms with Crippen LogP contribution < -0.4 is 0 Å². The van der Waals surface area contributed by atoms with E-state index in [-0.39, 0.29) is 0 Å². The Morgan fingerprint density at radius 2 is 2.12 bits per heavy atom. The second kappa shape index (κ2) is 8.53. The number of hydrogen-bond acceptors (Lipinski definition) is 3. The predicted molar refractivity (Wildman–Crippen MR) is 70.0 cm³/mol. The second-order valence-electron chi connectivity index (χ2n) is 3.70. The molecule has 0 amide bonds. The molecule has 0 radical (unpaired) electrons. The van der Waals surface area contributed by atoms with E-state index in [4.69, 9.17) is 9.57 Å². The third kappa shape index (κ3) is 6.53. The van der Waals surface area contributed by atoms with Gasteiger partial charge in [-0.2, -0.15) is 0 Å². The third-order valence-corrected chi connectivity index (χ3v) is 2.13. The second-order valence-corrected chi connectivity index (χ2v) is 3.70. The highest BCUT2D eigenvalue weighted by Gasteiger charge is 1.95. The maximum Gasteiger partial charge on any atom is 0.135 e. The average Bonchev–Trinajstić information content (AvgIpc) is 2.36. The van der Waals surface area contributed by atoms with E-state index < -0.39 is 0 Å². The van der Waals surface area contributed by atoms with Crippen molar-refractivity contribution in [3.05, 3.63) is 48.6 Å². The quantitative estimate of drug-likeness (QED) is 0.299. The van der Waals surface area contributed by atoms with Gasteiger partial charge in [-0.1, -0.05) is 48.1 Å². The number of ether oxygens (including phenoxy) is 1. The summed E-state index contributed by atoms with van der Waals surface area (Å²) in [6, 6.07) is 10.1. The van der Waals surface area contributed by atoms with Crippen molar-refractivity contribution in [2.45, 2.75) is 20.0 Å². The van der Waals surface area contributed by atoms with Crippen LogP contribution in [0.3, 0.4) is 0 Å². The van der Waals surface area contributed by atoms with E-state index in [0.29, 0.717) is 19.8 Å². The molecule has 0 unspecified atom stereocenters. The Labute approximate surface area is 103 Å². The lowest BCUT2D eigenvalue weighted by Gasteiger charge is -2.04. The van der Waals surface area contributed by atoms with Gasteiger partial charge in [-0.3, -0.25) is 0 Å². The summed E-state index contributed by atoms with van der Waals surface area (Å²) >= 11 is 0. The van der Waals surface area contributed by atoms with E-state index in [0.717, 1.165) is 12.1 Å². The van der Waals surface area contributed by atoms with Crippen molar-refractivity contribution in [2.24, 2.45) is 5.16 Å². The van der Waals surface area contributed by atoms with Gasteiger partial charge in [0.15, 0.2) is 0 Å². The predicted octanol–water partition coefficient (Wildman–Crippen LogP) is 3.17. The zero-order valence-electron chi connectivity index (χ0n) is 10.3. The highest BCUT2D eigenvalue weighted by atomic mass is 16.6. The summed E-state index contributed by atoms with van der Waals surface area (Å²) in [5.41, 5.74) is 2.12. The largest absolute Gasteiger partial charge is 0.392 e. The van der Waals surface area contributed by atoms with Crippen molar-refractivity contribution >= 4 is 5.71 Å². The first-order valence-corrected chi connectivity index (χ1v) is 5.71. The highest BCUT2D eigenvalue weighted by molar-refractivity contribution is 5.81. The minimum absolute atomic E-state index is 0.447. The van der Waals surface area contributed by atoms with Gasteiger partial charge in [0, 0.05) is 6.42 Å². The Hall–Kier alpha value is -1.61. The molecule has 0 heterocycles. The normalized spacial score (nSPS) is 11.2. The van der Waals surface area contributed by atoms with E-state index >= 15 is 0 Å². The van der Waals surface area contributed by atoms with Gasteiger partial charge < -0.3 is 9.57 Å². The van der Waals surface area contributed by atoms with Crippen molar-refractivity contribution in [3.8, 4) is 0 Å². The van der Waals surface area contributed by atoms with Gasteiger partial charge in [0.2, 0.25) is 0 Å². The first kappa shape index (κ1) is 13.5. The fourth-order valence-electron chi connectivity index (χ4n) is 1.23. The van der Waals surface area contributed by atoms with Crippen LogP contribution in [-0.2, 0) is 16.2 Å².